The number of pyridine rings is 1. The van der Waals surface area contributed by atoms with Crippen molar-refractivity contribution < 1.29 is 9.53 Å². The molecule has 170 valence electrons. The molecule has 1 aromatic heterocycles. The molecule has 0 saturated carbocycles. The largest absolute Gasteiger partial charge is 0.497 e. The van der Waals surface area contributed by atoms with Gasteiger partial charge in [-0.1, -0.05) is 36.4 Å². The highest BCUT2D eigenvalue weighted by atomic mass is 16.5. The van der Waals surface area contributed by atoms with Gasteiger partial charge in [0.25, 0.3) is 11.5 Å². The van der Waals surface area contributed by atoms with Crippen LogP contribution in [-0.4, -0.2) is 35.6 Å². The third-order valence-electron chi connectivity index (χ3n) is 7.29. The number of benzene rings is 3. The number of hydrogen-bond donors (Lipinski definition) is 0. The summed E-state index contributed by atoms with van der Waals surface area (Å²) in [6, 6.07) is 25.7. The summed E-state index contributed by atoms with van der Waals surface area (Å²) in [4.78, 5) is 28.7. The molecule has 2 aliphatic heterocycles. The van der Waals surface area contributed by atoms with Crippen LogP contribution in [0.25, 0.3) is 21.9 Å². The molecule has 4 aromatic rings. The molecule has 1 amide bonds. The number of rotatable bonds is 3. The third kappa shape index (κ3) is 3.48. The van der Waals surface area contributed by atoms with Gasteiger partial charge in [0.2, 0.25) is 0 Å². The zero-order chi connectivity index (χ0) is 23.2. The molecule has 1 saturated heterocycles. The summed E-state index contributed by atoms with van der Waals surface area (Å²) in [5.74, 6) is 1.23. The Labute approximate surface area is 198 Å². The van der Waals surface area contributed by atoms with Crippen molar-refractivity contribution in [2.45, 2.75) is 18.9 Å². The van der Waals surface area contributed by atoms with Crippen molar-refractivity contribution >= 4 is 16.7 Å². The number of methoxy groups -OCH3 is 1. The van der Waals surface area contributed by atoms with Crippen LogP contribution >= 0.6 is 0 Å². The highest BCUT2D eigenvalue weighted by molar-refractivity contribution is 5.94. The summed E-state index contributed by atoms with van der Waals surface area (Å²) in [5.41, 5.74) is 3.46. The summed E-state index contributed by atoms with van der Waals surface area (Å²) in [6.45, 7) is 1.96. The molecule has 3 aromatic carbocycles. The SMILES string of the molecule is COc1ccc(C(=O)N2CC3CC(C2)c2ccc(-c4ccc5ccccc5c4)c(=O)n2C3)cc1. The lowest BCUT2D eigenvalue weighted by Crippen LogP contribution is -2.49. The van der Waals surface area contributed by atoms with Gasteiger partial charge >= 0.3 is 0 Å². The third-order valence-corrected chi connectivity index (χ3v) is 7.29. The van der Waals surface area contributed by atoms with E-state index in [0.29, 0.717) is 25.2 Å². The van der Waals surface area contributed by atoms with Crippen LogP contribution in [0.3, 0.4) is 0 Å². The highest BCUT2D eigenvalue weighted by Crippen LogP contribution is 2.36. The average Bonchev–Trinajstić information content (AvgIpc) is 2.88. The van der Waals surface area contributed by atoms with Crippen molar-refractivity contribution in [1.29, 1.82) is 0 Å². The maximum Gasteiger partial charge on any atom is 0.258 e. The number of hydrogen-bond acceptors (Lipinski definition) is 3. The fourth-order valence-corrected chi connectivity index (χ4v) is 5.60. The Morgan fingerprint density at radius 2 is 1.68 bits per heavy atom. The first-order chi connectivity index (χ1) is 16.6. The van der Waals surface area contributed by atoms with Crippen LogP contribution < -0.4 is 10.3 Å². The number of carbonyl (C=O) groups excluding carboxylic acids is 1. The fourth-order valence-electron chi connectivity index (χ4n) is 5.60. The molecule has 0 spiro atoms. The lowest BCUT2D eigenvalue weighted by Gasteiger charge is -2.43. The molecule has 6 rings (SSSR count). The number of carbonyl (C=O) groups is 1. The van der Waals surface area contributed by atoms with E-state index in [0.717, 1.165) is 34.4 Å². The smallest absolute Gasteiger partial charge is 0.258 e. The van der Waals surface area contributed by atoms with Gasteiger partial charge in [-0.3, -0.25) is 9.59 Å². The van der Waals surface area contributed by atoms with Crippen molar-refractivity contribution in [1.82, 2.24) is 9.47 Å². The van der Waals surface area contributed by atoms with Crippen molar-refractivity contribution in [2.75, 3.05) is 20.2 Å². The molecule has 5 heteroatoms. The molecule has 0 radical (unpaired) electrons. The zero-order valence-electron chi connectivity index (χ0n) is 19.1. The van der Waals surface area contributed by atoms with Crippen molar-refractivity contribution in [3.63, 3.8) is 0 Å². The minimum absolute atomic E-state index is 0.0425. The normalized spacial score (nSPS) is 19.0. The van der Waals surface area contributed by atoms with E-state index in [-0.39, 0.29) is 23.3 Å². The molecule has 3 heterocycles. The molecule has 1 fully saturated rings. The summed E-state index contributed by atoms with van der Waals surface area (Å²) in [7, 11) is 1.62. The minimum atomic E-state index is 0.0425. The lowest BCUT2D eigenvalue weighted by molar-refractivity contribution is 0.0594. The number of amides is 1. The van der Waals surface area contributed by atoms with Gasteiger partial charge in [-0.25, -0.2) is 0 Å². The Morgan fingerprint density at radius 1 is 0.882 bits per heavy atom. The average molecular weight is 451 g/mol. The Kier molecular flexibility index (Phi) is 4.98. The number of ether oxygens (including phenoxy) is 1. The molecule has 34 heavy (non-hydrogen) atoms. The lowest BCUT2D eigenvalue weighted by atomic mass is 9.82. The van der Waals surface area contributed by atoms with Gasteiger partial charge in [-0.2, -0.15) is 0 Å². The van der Waals surface area contributed by atoms with Gasteiger partial charge in [-0.15, -0.1) is 0 Å². The molecular formula is C29H26N2O3. The topological polar surface area (TPSA) is 51.5 Å². The second-order valence-corrected chi connectivity index (χ2v) is 9.39. The monoisotopic (exact) mass is 450 g/mol. The highest BCUT2D eigenvalue weighted by Gasteiger charge is 2.37. The number of piperidine rings is 1. The second-order valence-electron chi connectivity index (χ2n) is 9.39. The van der Waals surface area contributed by atoms with E-state index in [4.69, 9.17) is 4.74 Å². The maximum atomic E-state index is 13.5. The first-order valence-corrected chi connectivity index (χ1v) is 11.8. The van der Waals surface area contributed by atoms with Crippen molar-refractivity contribution in [2.24, 2.45) is 5.92 Å². The molecule has 2 atom stereocenters. The van der Waals surface area contributed by atoms with Gasteiger partial charge in [0, 0.05) is 42.4 Å². The number of fused-ring (bicyclic) bond motifs is 5. The molecule has 5 nitrogen and oxygen atoms in total. The predicted molar refractivity (Wildman–Crippen MR) is 133 cm³/mol. The quantitative estimate of drug-likeness (QED) is 0.444. The first-order valence-electron chi connectivity index (χ1n) is 11.8. The van der Waals surface area contributed by atoms with Crippen molar-refractivity contribution in [3.05, 3.63) is 100 Å². The zero-order valence-corrected chi connectivity index (χ0v) is 19.1. The molecule has 2 unspecified atom stereocenters. The van der Waals surface area contributed by atoms with E-state index in [1.165, 1.54) is 5.39 Å². The van der Waals surface area contributed by atoms with Crippen LogP contribution in [0.1, 0.15) is 28.4 Å². The first kappa shape index (κ1) is 20.7. The summed E-state index contributed by atoms with van der Waals surface area (Å²) < 4.78 is 7.17. The Hall–Kier alpha value is -3.86. The Balaban J connectivity index is 1.30. The maximum absolute atomic E-state index is 13.5. The van der Waals surface area contributed by atoms with Crippen LogP contribution in [0.15, 0.2) is 83.7 Å². The Morgan fingerprint density at radius 3 is 2.47 bits per heavy atom. The fraction of sp³-hybridized carbons (Fsp3) is 0.241. The Bertz CT molecular complexity index is 1450. The second kappa shape index (κ2) is 8.17. The van der Waals surface area contributed by atoms with E-state index in [9.17, 15) is 9.59 Å². The van der Waals surface area contributed by atoms with Gasteiger partial charge < -0.3 is 14.2 Å². The standard InChI is InChI=1S/C29H26N2O3/c1-34-25-10-8-21(9-11-25)28(32)30-16-19-14-24(18-30)27-13-12-26(29(33)31(27)17-19)23-7-6-20-4-2-3-5-22(20)15-23/h2-13,15,19,24H,14,16-18H2,1H3. The van der Waals surface area contributed by atoms with E-state index in [1.807, 2.05) is 58.0 Å². The molecule has 2 bridgehead atoms. The van der Waals surface area contributed by atoms with E-state index < -0.39 is 0 Å². The number of nitrogens with zero attached hydrogens (tertiary/aromatic N) is 2. The van der Waals surface area contributed by atoms with Crippen LogP contribution in [0.5, 0.6) is 5.75 Å². The predicted octanol–water partition coefficient (Wildman–Crippen LogP) is 4.94. The van der Waals surface area contributed by atoms with Crippen molar-refractivity contribution in [3.8, 4) is 16.9 Å². The van der Waals surface area contributed by atoms with E-state index >= 15 is 0 Å². The summed E-state index contributed by atoms with van der Waals surface area (Å²) in [6.07, 6.45) is 1.02. The number of aromatic nitrogens is 1. The van der Waals surface area contributed by atoms with Gasteiger partial charge in [0.15, 0.2) is 0 Å². The number of likely N-dealkylation sites (tertiary alicyclic amines) is 1. The summed E-state index contributed by atoms with van der Waals surface area (Å²) >= 11 is 0. The van der Waals surface area contributed by atoms with Crippen LogP contribution in [0.2, 0.25) is 0 Å². The molecule has 2 aliphatic rings. The molecule has 0 aliphatic carbocycles. The molecular weight excluding hydrogens is 424 g/mol. The van der Waals surface area contributed by atoms with Crippen LogP contribution in [0, 0.1) is 5.92 Å². The van der Waals surface area contributed by atoms with Gasteiger partial charge in [-0.05, 0) is 71.1 Å². The minimum Gasteiger partial charge on any atom is -0.497 e. The molecule has 0 N–H and O–H groups in total. The van der Waals surface area contributed by atoms with Gasteiger partial charge in [0.1, 0.15) is 5.75 Å². The van der Waals surface area contributed by atoms with Crippen LogP contribution in [0.4, 0.5) is 0 Å². The van der Waals surface area contributed by atoms with E-state index in [1.54, 1.807) is 7.11 Å². The van der Waals surface area contributed by atoms with E-state index in [2.05, 4.69) is 30.3 Å². The van der Waals surface area contributed by atoms with Gasteiger partial charge in [0.05, 0.1) is 7.11 Å². The summed E-state index contributed by atoms with van der Waals surface area (Å²) in [5, 5.41) is 2.30. The van der Waals surface area contributed by atoms with Crippen LogP contribution in [-0.2, 0) is 6.54 Å².